The third kappa shape index (κ3) is 3.51. The molecule has 0 spiro atoms. The van der Waals surface area contributed by atoms with Crippen molar-refractivity contribution in [3.63, 3.8) is 0 Å². The predicted octanol–water partition coefficient (Wildman–Crippen LogP) is 5.25. The average Bonchev–Trinajstić information content (AvgIpc) is 2.83. The monoisotopic (exact) mass is 332 g/mol. The Hall–Kier alpha value is -0.113. The standard InChI is InChI=1S/2C8H13Si.Ni/c2*1-9(2,3)8-6-4-5-7-8;/h2*4,6H,5H2,1-3H3;. The molecule has 2 aliphatic rings. The van der Waals surface area contributed by atoms with E-state index in [1.165, 1.54) is 12.8 Å². The van der Waals surface area contributed by atoms with Gasteiger partial charge in [-0.1, -0.05) is 0 Å². The number of hydrogen-bond acceptors (Lipinski definition) is 0. The molecule has 0 aromatic carbocycles. The molecule has 108 valence electrons. The van der Waals surface area contributed by atoms with E-state index in [0.717, 1.165) is 0 Å². The summed E-state index contributed by atoms with van der Waals surface area (Å²) in [6, 6.07) is 0. The van der Waals surface area contributed by atoms with Crippen molar-refractivity contribution in [3.8, 4) is 0 Å². The van der Waals surface area contributed by atoms with Gasteiger partial charge in [-0.25, -0.2) is 0 Å². The summed E-state index contributed by atoms with van der Waals surface area (Å²) in [4.78, 5) is 0. The molecule has 0 heterocycles. The second kappa shape index (κ2) is 5.35. The molecule has 3 heteroatoms. The van der Waals surface area contributed by atoms with Crippen LogP contribution < -0.4 is 0 Å². The molecule has 0 saturated heterocycles. The van der Waals surface area contributed by atoms with E-state index in [1.54, 1.807) is 19.5 Å². The van der Waals surface area contributed by atoms with E-state index in [9.17, 15) is 0 Å². The van der Waals surface area contributed by atoms with Crippen LogP contribution >= 0.6 is 0 Å². The Morgan fingerprint density at radius 3 is 1.42 bits per heavy atom. The van der Waals surface area contributed by atoms with E-state index in [2.05, 4.69) is 63.6 Å². The maximum atomic E-state index is 2.46. The molecule has 0 saturated carbocycles. The SMILES string of the molecule is C[Si](C)(C)C1=[C]([Ni][C]2=C([Si](C)(C)C)C=CC2)CC=C1. The van der Waals surface area contributed by atoms with Crippen LogP contribution in [0.2, 0.25) is 39.3 Å². The van der Waals surface area contributed by atoms with E-state index in [4.69, 9.17) is 0 Å². The Kier molecular flexibility index (Phi) is 4.30. The summed E-state index contributed by atoms with van der Waals surface area (Å²) < 4.78 is 3.31. The molecule has 0 aromatic rings. The minimum absolute atomic E-state index is 1.17. The van der Waals surface area contributed by atoms with Gasteiger partial charge < -0.3 is 0 Å². The van der Waals surface area contributed by atoms with Gasteiger partial charge in [-0.05, 0) is 0 Å². The van der Waals surface area contributed by atoms with Gasteiger partial charge in [0.25, 0.3) is 0 Å². The zero-order valence-corrected chi connectivity index (χ0v) is 16.0. The van der Waals surface area contributed by atoms with Gasteiger partial charge in [-0.2, -0.15) is 0 Å². The van der Waals surface area contributed by atoms with Crippen LogP contribution in [0.3, 0.4) is 0 Å². The van der Waals surface area contributed by atoms with Gasteiger partial charge in [0, 0.05) is 0 Å². The van der Waals surface area contributed by atoms with Crippen LogP contribution in [-0.4, -0.2) is 16.1 Å². The fourth-order valence-electron chi connectivity index (χ4n) is 2.47. The van der Waals surface area contributed by atoms with Crippen LogP contribution in [0.15, 0.2) is 43.8 Å². The van der Waals surface area contributed by atoms with Crippen LogP contribution in [0.5, 0.6) is 0 Å². The summed E-state index contributed by atoms with van der Waals surface area (Å²) >= 11 is 1.88. The van der Waals surface area contributed by atoms with Gasteiger partial charge in [-0.15, -0.1) is 0 Å². The zero-order valence-electron chi connectivity index (χ0n) is 13.0. The van der Waals surface area contributed by atoms with Gasteiger partial charge in [-0.3, -0.25) is 0 Å². The van der Waals surface area contributed by atoms with Crippen molar-refractivity contribution < 1.29 is 14.4 Å². The normalized spacial score (nSPS) is 20.3. The van der Waals surface area contributed by atoms with E-state index in [-0.39, 0.29) is 0 Å². The van der Waals surface area contributed by atoms with Crippen molar-refractivity contribution >= 4 is 16.1 Å². The van der Waals surface area contributed by atoms with E-state index >= 15 is 0 Å². The first kappa shape index (κ1) is 15.3. The Balaban J connectivity index is 2.28. The second-order valence-electron chi connectivity index (χ2n) is 7.35. The van der Waals surface area contributed by atoms with E-state index in [1.807, 2.05) is 14.4 Å². The fourth-order valence-corrected chi connectivity index (χ4v) is 9.22. The number of hydrogen-bond donors (Lipinski definition) is 0. The molecular formula is C16H26NiSi2. The topological polar surface area (TPSA) is 0 Å². The third-order valence-corrected chi connectivity index (χ3v) is 9.60. The van der Waals surface area contributed by atoms with Gasteiger partial charge >= 0.3 is 126 Å². The summed E-state index contributed by atoms with van der Waals surface area (Å²) in [5.74, 6) is 0. The molecule has 0 radical (unpaired) electrons. The summed E-state index contributed by atoms with van der Waals surface area (Å²) in [6.45, 7) is 14.8. The number of allylic oxidation sites excluding steroid dienone is 8. The van der Waals surface area contributed by atoms with Crippen LogP contribution in [0.4, 0.5) is 0 Å². The Morgan fingerprint density at radius 2 is 1.11 bits per heavy atom. The molecule has 0 N–H and O–H groups in total. The van der Waals surface area contributed by atoms with Crippen LogP contribution in [-0.2, 0) is 14.4 Å². The van der Waals surface area contributed by atoms with Crippen LogP contribution in [0.1, 0.15) is 12.8 Å². The molecule has 2 rings (SSSR count). The maximum absolute atomic E-state index is 2.46. The van der Waals surface area contributed by atoms with Gasteiger partial charge in [0.1, 0.15) is 0 Å². The second-order valence-corrected chi connectivity index (χ2v) is 18.9. The van der Waals surface area contributed by atoms with Crippen molar-refractivity contribution in [2.45, 2.75) is 52.1 Å². The van der Waals surface area contributed by atoms with Crippen molar-refractivity contribution in [2.24, 2.45) is 0 Å². The summed E-state index contributed by atoms with van der Waals surface area (Å²) in [6.07, 6.45) is 11.9. The first-order chi connectivity index (χ1) is 8.69. The van der Waals surface area contributed by atoms with Crippen molar-refractivity contribution in [1.29, 1.82) is 0 Å². The van der Waals surface area contributed by atoms with Crippen LogP contribution in [0, 0.1) is 0 Å². The molecule has 0 nitrogen and oxygen atoms in total. The summed E-state index contributed by atoms with van der Waals surface area (Å²) in [7, 11) is -2.36. The zero-order chi connectivity index (χ0) is 14.3. The first-order valence-corrected chi connectivity index (χ1v) is 15.1. The first-order valence-electron chi connectivity index (χ1n) is 7.08. The van der Waals surface area contributed by atoms with E-state index < -0.39 is 16.1 Å². The van der Waals surface area contributed by atoms with Crippen LogP contribution in [0.25, 0.3) is 0 Å². The summed E-state index contributed by atoms with van der Waals surface area (Å²) in [5, 5.41) is 3.36. The minimum atomic E-state index is -1.18. The van der Waals surface area contributed by atoms with Gasteiger partial charge in [0.05, 0.1) is 0 Å². The van der Waals surface area contributed by atoms with Gasteiger partial charge in [0.15, 0.2) is 0 Å². The molecule has 0 bridgehead atoms. The molecule has 19 heavy (non-hydrogen) atoms. The molecule has 0 unspecified atom stereocenters. The average molecular weight is 333 g/mol. The Bertz CT molecular complexity index is 448. The van der Waals surface area contributed by atoms with Crippen molar-refractivity contribution in [2.75, 3.05) is 0 Å². The number of rotatable bonds is 4. The quantitative estimate of drug-likeness (QED) is 0.616. The molecule has 0 fully saturated rings. The Morgan fingerprint density at radius 1 is 0.737 bits per heavy atom. The van der Waals surface area contributed by atoms with Crippen molar-refractivity contribution in [3.05, 3.63) is 43.8 Å². The molecule has 0 amide bonds. The Labute approximate surface area is 126 Å². The van der Waals surface area contributed by atoms with Crippen molar-refractivity contribution in [1.82, 2.24) is 0 Å². The molecular weight excluding hydrogens is 307 g/mol. The fraction of sp³-hybridized carbons (Fsp3) is 0.500. The molecule has 0 atom stereocenters. The predicted molar refractivity (Wildman–Crippen MR) is 88.3 cm³/mol. The van der Waals surface area contributed by atoms with E-state index in [0.29, 0.717) is 0 Å². The van der Waals surface area contributed by atoms with Gasteiger partial charge in [0.2, 0.25) is 0 Å². The summed E-state index contributed by atoms with van der Waals surface area (Å²) in [5.41, 5.74) is 0. The molecule has 0 aliphatic heterocycles. The third-order valence-electron chi connectivity index (χ3n) is 3.50. The molecule has 0 aromatic heterocycles. The molecule has 2 aliphatic carbocycles.